The van der Waals surface area contributed by atoms with Gasteiger partial charge < -0.3 is 0 Å². The first-order valence-corrected chi connectivity index (χ1v) is 6.05. The summed E-state index contributed by atoms with van der Waals surface area (Å²) >= 11 is 0. The van der Waals surface area contributed by atoms with Gasteiger partial charge in [0.2, 0.25) is 0 Å². The van der Waals surface area contributed by atoms with Gasteiger partial charge in [-0.1, -0.05) is 32.6 Å². The van der Waals surface area contributed by atoms with Gasteiger partial charge in [-0.15, -0.1) is 0 Å². The van der Waals surface area contributed by atoms with Crippen LogP contribution in [0, 0.1) is 11.8 Å². The van der Waals surface area contributed by atoms with Crippen molar-refractivity contribution in [1.82, 2.24) is 0 Å². The summed E-state index contributed by atoms with van der Waals surface area (Å²) in [6.07, 6.45) is 4.66. The lowest BCUT2D eigenvalue weighted by atomic mass is 9.94. The molecule has 1 aliphatic carbocycles. The van der Waals surface area contributed by atoms with Gasteiger partial charge in [0.15, 0.2) is 0 Å². The third kappa shape index (κ3) is 3.11. The van der Waals surface area contributed by atoms with Gasteiger partial charge in [0.05, 0.1) is 5.75 Å². The van der Waals surface area contributed by atoms with Gasteiger partial charge in [-0.25, -0.2) is 0 Å². The fourth-order valence-electron chi connectivity index (χ4n) is 1.99. The van der Waals surface area contributed by atoms with Crippen LogP contribution in [0.5, 0.6) is 0 Å². The van der Waals surface area contributed by atoms with Gasteiger partial charge in [-0.2, -0.15) is 8.42 Å². The smallest absolute Gasteiger partial charge is 0.265 e. The van der Waals surface area contributed by atoms with E-state index >= 15 is 0 Å². The Balaban J connectivity index is 2.42. The Hall–Kier alpha value is -0.0900. The molecular weight excluding hydrogens is 176 g/mol. The lowest BCUT2D eigenvalue weighted by Crippen LogP contribution is -2.18. The molecule has 12 heavy (non-hydrogen) atoms. The van der Waals surface area contributed by atoms with Crippen LogP contribution >= 0.6 is 0 Å². The largest absolute Gasteiger partial charge is 0.286 e. The monoisotopic (exact) mass is 192 g/mol. The molecule has 0 radical (unpaired) electrons. The normalized spacial score (nSPS) is 22.8. The van der Waals surface area contributed by atoms with Crippen LogP contribution in [0.3, 0.4) is 0 Å². The van der Waals surface area contributed by atoms with Crippen LogP contribution in [-0.2, 0) is 10.1 Å². The Bertz CT molecular complexity index is 227. The van der Waals surface area contributed by atoms with Crippen LogP contribution in [-0.4, -0.2) is 18.7 Å². The fourth-order valence-corrected chi connectivity index (χ4v) is 2.93. The molecule has 1 rings (SSSR count). The first kappa shape index (κ1) is 9.99. The summed E-state index contributed by atoms with van der Waals surface area (Å²) in [4.78, 5) is 0. The second-order valence-corrected chi connectivity index (χ2v) is 5.27. The molecule has 3 nitrogen and oxygen atoms in total. The zero-order valence-corrected chi connectivity index (χ0v) is 8.18. The van der Waals surface area contributed by atoms with E-state index in [0.717, 1.165) is 12.8 Å². The predicted octanol–water partition coefficient (Wildman–Crippen LogP) is 1.70. The van der Waals surface area contributed by atoms with Crippen molar-refractivity contribution in [3.63, 3.8) is 0 Å². The summed E-state index contributed by atoms with van der Waals surface area (Å²) < 4.78 is 29.7. The number of hydrogen-bond donors (Lipinski definition) is 1. The highest BCUT2D eigenvalue weighted by atomic mass is 32.2. The Morgan fingerprint density at radius 1 is 1.42 bits per heavy atom. The first-order valence-electron chi connectivity index (χ1n) is 4.44. The molecule has 1 unspecified atom stereocenters. The van der Waals surface area contributed by atoms with Gasteiger partial charge in [0.1, 0.15) is 0 Å². The fraction of sp³-hybridized carbons (Fsp3) is 1.00. The molecule has 0 spiro atoms. The van der Waals surface area contributed by atoms with Crippen molar-refractivity contribution < 1.29 is 13.0 Å². The maximum Gasteiger partial charge on any atom is 0.265 e. The summed E-state index contributed by atoms with van der Waals surface area (Å²) in [5.41, 5.74) is 0. The lowest BCUT2D eigenvalue weighted by Gasteiger charge is -2.16. The van der Waals surface area contributed by atoms with Crippen molar-refractivity contribution in [3.8, 4) is 0 Å². The SMILES string of the molecule is CC(CS(=O)(=O)O)C1CCCC1. The third-order valence-electron chi connectivity index (χ3n) is 2.68. The number of rotatable bonds is 3. The van der Waals surface area contributed by atoms with Crippen LogP contribution in [0.1, 0.15) is 32.6 Å². The second-order valence-electron chi connectivity index (χ2n) is 3.77. The molecule has 0 aliphatic heterocycles. The minimum atomic E-state index is -3.76. The molecule has 72 valence electrons. The molecule has 1 atom stereocenters. The van der Waals surface area contributed by atoms with Crippen LogP contribution in [0.25, 0.3) is 0 Å². The molecule has 1 fully saturated rings. The second kappa shape index (κ2) is 3.75. The molecule has 0 bridgehead atoms. The Kier molecular flexibility index (Phi) is 3.12. The van der Waals surface area contributed by atoms with E-state index in [2.05, 4.69) is 0 Å². The highest BCUT2D eigenvalue weighted by Crippen LogP contribution is 2.31. The quantitative estimate of drug-likeness (QED) is 0.692. The highest BCUT2D eigenvalue weighted by Gasteiger charge is 2.24. The molecule has 1 N–H and O–H groups in total. The van der Waals surface area contributed by atoms with Gasteiger partial charge in [0, 0.05) is 0 Å². The summed E-state index contributed by atoms with van der Waals surface area (Å²) in [6.45, 7) is 1.91. The minimum Gasteiger partial charge on any atom is -0.286 e. The van der Waals surface area contributed by atoms with Crippen molar-refractivity contribution in [2.45, 2.75) is 32.6 Å². The van der Waals surface area contributed by atoms with Crippen molar-refractivity contribution >= 4 is 10.1 Å². The van der Waals surface area contributed by atoms with Crippen molar-refractivity contribution in [2.24, 2.45) is 11.8 Å². The average molecular weight is 192 g/mol. The van der Waals surface area contributed by atoms with Crippen molar-refractivity contribution in [1.29, 1.82) is 0 Å². The van der Waals surface area contributed by atoms with E-state index in [1.165, 1.54) is 12.8 Å². The molecule has 1 saturated carbocycles. The van der Waals surface area contributed by atoms with E-state index < -0.39 is 10.1 Å². The highest BCUT2D eigenvalue weighted by molar-refractivity contribution is 7.85. The van der Waals surface area contributed by atoms with Crippen LogP contribution in [0.15, 0.2) is 0 Å². The number of hydrogen-bond acceptors (Lipinski definition) is 2. The topological polar surface area (TPSA) is 54.4 Å². The molecule has 0 saturated heterocycles. The van der Waals surface area contributed by atoms with Crippen molar-refractivity contribution in [2.75, 3.05) is 5.75 Å². The van der Waals surface area contributed by atoms with E-state index in [1.807, 2.05) is 6.92 Å². The van der Waals surface area contributed by atoms with E-state index in [9.17, 15) is 8.42 Å². The van der Waals surface area contributed by atoms with Crippen LogP contribution in [0.4, 0.5) is 0 Å². The first-order chi connectivity index (χ1) is 5.49. The molecule has 0 heterocycles. The van der Waals surface area contributed by atoms with Gasteiger partial charge in [-0.3, -0.25) is 4.55 Å². The molecular formula is C8H16O3S. The van der Waals surface area contributed by atoms with Gasteiger partial charge in [-0.05, 0) is 11.8 Å². The molecule has 0 aromatic rings. The summed E-state index contributed by atoms with van der Waals surface area (Å²) in [6, 6.07) is 0. The van der Waals surface area contributed by atoms with E-state index in [1.54, 1.807) is 0 Å². The Labute approximate surface area is 73.9 Å². The lowest BCUT2D eigenvalue weighted by molar-refractivity contribution is 0.382. The minimum absolute atomic E-state index is 0.0718. The van der Waals surface area contributed by atoms with Gasteiger partial charge >= 0.3 is 0 Å². The average Bonchev–Trinajstić information content (AvgIpc) is 2.32. The van der Waals surface area contributed by atoms with E-state index in [4.69, 9.17) is 4.55 Å². The van der Waals surface area contributed by atoms with Crippen LogP contribution in [0.2, 0.25) is 0 Å². The molecule has 0 aromatic heterocycles. The summed E-state index contributed by atoms with van der Waals surface area (Å²) in [7, 11) is -3.76. The van der Waals surface area contributed by atoms with E-state index in [0.29, 0.717) is 5.92 Å². The van der Waals surface area contributed by atoms with E-state index in [-0.39, 0.29) is 11.7 Å². The van der Waals surface area contributed by atoms with Crippen LogP contribution < -0.4 is 0 Å². The maximum absolute atomic E-state index is 10.6. The molecule has 4 heteroatoms. The zero-order valence-electron chi connectivity index (χ0n) is 7.36. The maximum atomic E-state index is 10.6. The Morgan fingerprint density at radius 3 is 2.33 bits per heavy atom. The van der Waals surface area contributed by atoms with Gasteiger partial charge in [0.25, 0.3) is 10.1 Å². The summed E-state index contributed by atoms with van der Waals surface area (Å²) in [5.74, 6) is 0.548. The van der Waals surface area contributed by atoms with Crippen molar-refractivity contribution in [3.05, 3.63) is 0 Å². The standard InChI is InChI=1S/C8H16O3S/c1-7(6-12(9,10)11)8-4-2-3-5-8/h7-8H,2-6H2,1H3,(H,9,10,11). The molecule has 0 amide bonds. The summed E-state index contributed by atoms with van der Waals surface area (Å²) in [5, 5.41) is 0. The molecule has 0 aromatic carbocycles. The molecule has 1 aliphatic rings. The predicted molar refractivity (Wildman–Crippen MR) is 47.5 cm³/mol. The third-order valence-corrected chi connectivity index (χ3v) is 3.63. The zero-order chi connectivity index (χ0) is 9.19. The Morgan fingerprint density at radius 2 is 1.92 bits per heavy atom.